The second-order valence-corrected chi connectivity index (χ2v) is 5.99. The molecule has 0 bridgehead atoms. The van der Waals surface area contributed by atoms with Gasteiger partial charge in [-0.1, -0.05) is 35.9 Å². The minimum absolute atomic E-state index is 0.230. The average molecular weight is 371 g/mol. The van der Waals surface area contributed by atoms with Crippen LogP contribution in [0.25, 0.3) is 0 Å². The maximum absolute atomic E-state index is 12.8. The highest BCUT2D eigenvalue weighted by atomic mass is 35.5. The zero-order valence-electron chi connectivity index (χ0n) is 12.9. The molecule has 1 N–H and O–H groups in total. The van der Waals surface area contributed by atoms with Gasteiger partial charge in [-0.3, -0.25) is 5.43 Å². The summed E-state index contributed by atoms with van der Waals surface area (Å²) in [7, 11) is 0. The molecule has 2 aromatic rings. The van der Waals surface area contributed by atoms with Gasteiger partial charge in [0.25, 0.3) is 0 Å². The summed E-state index contributed by atoms with van der Waals surface area (Å²) in [6, 6.07) is 10.8. The van der Waals surface area contributed by atoms with Crippen molar-refractivity contribution in [3.8, 4) is 5.75 Å². The molecule has 1 aliphatic heterocycles. The molecule has 0 radical (unpaired) electrons. The highest BCUT2D eigenvalue weighted by Crippen LogP contribution is 2.36. The van der Waals surface area contributed by atoms with Crippen LogP contribution in [0.4, 0.5) is 18.0 Å². The van der Waals surface area contributed by atoms with Crippen molar-refractivity contribution in [3.63, 3.8) is 0 Å². The van der Waals surface area contributed by atoms with Gasteiger partial charge in [-0.2, -0.15) is 13.2 Å². The lowest BCUT2D eigenvalue weighted by molar-refractivity contribution is -0.137. The number of hydrazine groups is 1. The van der Waals surface area contributed by atoms with Crippen molar-refractivity contribution in [3.05, 3.63) is 64.2 Å². The number of nitrogens with one attached hydrogen (secondary N) is 1. The molecule has 25 heavy (non-hydrogen) atoms. The summed E-state index contributed by atoms with van der Waals surface area (Å²) in [6.07, 6.45) is -4.71. The van der Waals surface area contributed by atoms with Gasteiger partial charge < -0.3 is 4.74 Å². The van der Waals surface area contributed by atoms with Gasteiger partial charge in [-0.25, -0.2) is 9.80 Å². The number of carbonyl (C=O) groups is 1. The summed E-state index contributed by atoms with van der Waals surface area (Å²) in [4.78, 5) is 11.9. The van der Waals surface area contributed by atoms with Gasteiger partial charge >= 0.3 is 12.3 Å². The van der Waals surface area contributed by atoms with E-state index in [1.165, 1.54) is 11.6 Å². The van der Waals surface area contributed by atoms with E-state index in [1.807, 2.05) is 24.3 Å². The third kappa shape index (κ3) is 4.24. The van der Waals surface area contributed by atoms with Crippen LogP contribution < -0.4 is 10.2 Å². The van der Waals surface area contributed by atoms with Gasteiger partial charge in [0, 0.05) is 13.1 Å². The summed E-state index contributed by atoms with van der Waals surface area (Å²) < 4.78 is 43.4. The Morgan fingerprint density at radius 1 is 1.16 bits per heavy atom. The van der Waals surface area contributed by atoms with Crippen LogP contribution in [-0.2, 0) is 19.1 Å². The molecule has 0 aromatic heterocycles. The molecule has 8 heteroatoms. The van der Waals surface area contributed by atoms with Crippen molar-refractivity contribution >= 4 is 17.7 Å². The first-order chi connectivity index (χ1) is 11.8. The minimum Gasteiger partial charge on any atom is -0.409 e. The second kappa shape index (κ2) is 6.93. The van der Waals surface area contributed by atoms with E-state index < -0.39 is 22.9 Å². The van der Waals surface area contributed by atoms with Gasteiger partial charge in [-0.15, -0.1) is 0 Å². The Hall–Kier alpha value is -2.25. The number of hydrogen-bond acceptors (Lipinski definition) is 3. The first kappa shape index (κ1) is 17.6. The van der Waals surface area contributed by atoms with Crippen molar-refractivity contribution in [2.75, 3.05) is 6.54 Å². The van der Waals surface area contributed by atoms with Gasteiger partial charge in [0.15, 0.2) is 0 Å². The number of benzene rings is 2. The molecule has 2 aromatic carbocycles. The molecule has 0 aliphatic carbocycles. The third-order valence-corrected chi connectivity index (χ3v) is 4.16. The monoisotopic (exact) mass is 370 g/mol. The normalized spacial score (nSPS) is 14.7. The Morgan fingerprint density at radius 3 is 2.60 bits per heavy atom. The van der Waals surface area contributed by atoms with Crippen LogP contribution in [0.5, 0.6) is 5.75 Å². The van der Waals surface area contributed by atoms with E-state index in [1.54, 1.807) is 5.01 Å². The Labute approximate surface area is 147 Å². The maximum Gasteiger partial charge on any atom is 0.427 e. The highest BCUT2D eigenvalue weighted by molar-refractivity contribution is 6.31. The summed E-state index contributed by atoms with van der Waals surface area (Å²) >= 11 is 5.54. The molecule has 0 saturated heterocycles. The molecule has 0 fully saturated rings. The van der Waals surface area contributed by atoms with Gasteiger partial charge in [0.1, 0.15) is 5.75 Å². The van der Waals surface area contributed by atoms with Crippen molar-refractivity contribution in [2.45, 2.75) is 19.1 Å². The first-order valence-corrected chi connectivity index (χ1v) is 7.87. The molecular weight excluding hydrogens is 357 g/mol. The van der Waals surface area contributed by atoms with E-state index in [9.17, 15) is 18.0 Å². The fourth-order valence-electron chi connectivity index (χ4n) is 2.64. The van der Waals surface area contributed by atoms with Crippen LogP contribution in [0.15, 0.2) is 42.5 Å². The lowest BCUT2D eigenvalue weighted by Crippen LogP contribution is -2.46. The summed E-state index contributed by atoms with van der Waals surface area (Å²) in [5.41, 5.74) is 3.78. The zero-order valence-corrected chi connectivity index (χ0v) is 13.7. The van der Waals surface area contributed by atoms with Crippen LogP contribution in [0, 0.1) is 0 Å². The smallest absolute Gasteiger partial charge is 0.409 e. The summed E-state index contributed by atoms with van der Waals surface area (Å²) in [5.74, 6) is -0.230. The molecule has 0 atom stereocenters. The fraction of sp³-hybridized carbons (Fsp3) is 0.235. The number of rotatable bonds is 2. The predicted octanol–water partition coefficient (Wildman–Crippen LogP) is 4.42. The lowest BCUT2D eigenvalue weighted by Gasteiger charge is -2.28. The van der Waals surface area contributed by atoms with Crippen molar-refractivity contribution in [1.82, 2.24) is 10.4 Å². The van der Waals surface area contributed by atoms with Gasteiger partial charge in [0.05, 0.1) is 10.6 Å². The number of hydrogen-bond donors (Lipinski definition) is 1. The number of nitrogens with zero attached hydrogens (tertiary/aromatic N) is 1. The quantitative estimate of drug-likeness (QED) is 0.850. The molecule has 1 aliphatic rings. The van der Waals surface area contributed by atoms with Gasteiger partial charge in [-0.05, 0) is 35.7 Å². The molecule has 0 saturated carbocycles. The molecule has 0 spiro atoms. The Morgan fingerprint density at radius 2 is 1.88 bits per heavy atom. The molecular formula is C17H14ClF3N2O2. The topological polar surface area (TPSA) is 41.6 Å². The predicted molar refractivity (Wildman–Crippen MR) is 86.2 cm³/mol. The first-order valence-electron chi connectivity index (χ1n) is 7.50. The summed E-state index contributed by atoms with van der Waals surface area (Å²) in [5, 5.41) is 1.21. The minimum atomic E-state index is -4.62. The molecule has 0 unspecified atom stereocenters. The number of halogens is 4. The van der Waals surface area contributed by atoms with Crippen LogP contribution in [0.3, 0.4) is 0 Å². The highest BCUT2D eigenvalue weighted by Gasteiger charge is 2.33. The van der Waals surface area contributed by atoms with E-state index >= 15 is 0 Å². The molecule has 4 nitrogen and oxygen atoms in total. The number of amides is 1. The number of ether oxygens (including phenoxy) is 1. The van der Waals surface area contributed by atoms with Crippen molar-refractivity contribution in [2.24, 2.45) is 0 Å². The van der Waals surface area contributed by atoms with E-state index in [0.29, 0.717) is 19.2 Å². The Bertz CT molecular complexity index is 796. The molecule has 1 heterocycles. The molecule has 1 amide bonds. The number of carbonyl (C=O) groups excluding carboxylic acids is 1. The van der Waals surface area contributed by atoms with Crippen molar-refractivity contribution in [1.29, 1.82) is 0 Å². The second-order valence-electron chi connectivity index (χ2n) is 5.58. The van der Waals surface area contributed by atoms with Crippen LogP contribution in [0.1, 0.15) is 16.7 Å². The van der Waals surface area contributed by atoms with E-state index in [2.05, 4.69) is 5.43 Å². The van der Waals surface area contributed by atoms with E-state index in [4.69, 9.17) is 16.3 Å². The number of alkyl halides is 3. The average Bonchev–Trinajstić information content (AvgIpc) is 2.55. The Balaban J connectivity index is 1.64. The lowest BCUT2D eigenvalue weighted by atomic mass is 10.0. The fourth-order valence-corrected chi connectivity index (χ4v) is 2.86. The summed E-state index contributed by atoms with van der Waals surface area (Å²) in [6.45, 7) is 1.08. The maximum atomic E-state index is 12.8. The van der Waals surface area contributed by atoms with Gasteiger partial charge in [0.2, 0.25) is 0 Å². The standard InChI is InChI=1S/C17H14ClF3N2O2/c18-15-6-5-13(9-14(15)17(19,20)21)25-16(24)22-23-8-7-11-3-1-2-4-12(11)10-23/h1-6,9H,7-8,10H2,(H,22,24). The third-order valence-electron chi connectivity index (χ3n) is 3.83. The number of fused-ring (bicyclic) bond motifs is 1. The van der Waals surface area contributed by atoms with Crippen LogP contribution in [0.2, 0.25) is 5.02 Å². The zero-order chi connectivity index (χ0) is 18.0. The SMILES string of the molecule is O=C(NN1CCc2ccccc2C1)Oc1ccc(Cl)c(C(F)(F)F)c1. The van der Waals surface area contributed by atoms with Crippen LogP contribution >= 0.6 is 11.6 Å². The van der Waals surface area contributed by atoms with Crippen LogP contribution in [-0.4, -0.2) is 17.6 Å². The molecule has 132 valence electrons. The Kier molecular flexibility index (Phi) is 4.87. The van der Waals surface area contributed by atoms with Crippen molar-refractivity contribution < 1.29 is 22.7 Å². The molecule has 3 rings (SSSR count). The largest absolute Gasteiger partial charge is 0.427 e. The van der Waals surface area contributed by atoms with E-state index in [-0.39, 0.29) is 5.75 Å². The van der Waals surface area contributed by atoms with E-state index in [0.717, 1.165) is 18.1 Å².